The van der Waals surface area contributed by atoms with Crippen LogP contribution in [0.2, 0.25) is 0 Å². The van der Waals surface area contributed by atoms with Crippen molar-refractivity contribution in [1.29, 1.82) is 0 Å². The number of carbonyl (C=O) groups is 1. The first kappa shape index (κ1) is 11.2. The van der Waals surface area contributed by atoms with Gasteiger partial charge in [0.2, 0.25) is 0 Å². The van der Waals surface area contributed by atoms with Crippen molar-refractivity contribution >= 4 is 17.6 Å². The highest BCUT2D eigenvalue weighted by molar-refractivity contribution is 6.25. The first-order chi connectivity index (χ1) is 5.74. The third-order valence-electron chi connectivity index (χ3n) is 0.981. The summed E-state index contributed by atoms with van der Waals surface area (Å²) in [6, 6.07) is 0. The second-order valence-corrected chi connectivity index (χ2v) is 2.25. The maximum Gasteiger partial charge on any atom is 0.330 e. The maximum absolute atomic E-state index is 10.3. The van der Waals surface area contributed by atoms with Crippen molar-refractivity contribution in [2.75, 3.05) is 13.2 Å². The number of rotatable bonds is 3. The number of hydrogen-bond donors (Lipinski definition) is 0. The van der Waals surface area contributed by atoms with Crippen LogP contribution >= 0.6 is 11.6 Å². The first-order valence-electron chi connectivity index (χ1n) is 3.36. The number of ether oxygens (including phenoxy) is 2. The summed E-state index contributed by atoms with van der Waals surface area (Å²) in [6.07, 6.45) is 1.29. The van der Waals surface area contributed by atoms with E-state index in [2.05, 4.69) is 17.9 Å². The van der Waals surface area contributed by atoms with Crippen LogP contribution in [0, 0.1) is 0 Å². The molecule has 0 aromatic heterocycles. The van der Waals surface area contributed by atoms with Crippen LogP contribution in [-0.4, -0.2) is 25.3 Å². The van der Waals surface area contributed by atoms with Gasteiger partial charge in [0.15, 0.2) is 0 Å². The number of esters is 1. The van der Waals surface area contributed by atoms with Gasteiger partial charge in [0.05, 0.1) is 6.61 Å². The van der Waals surface area contributed by atoms with E-state index in [0.717, 1.165) is 6.08 Å². The van der Waals surface area contributed by atoms with Gasteiger partial charge in [0.25, 0.3) is 0 Å². The van der Waals surface area contributed by atoms with Crippen LogP contribution in [0.15, 0.2) is 24.8 Å². The molecule has 0 aromatic rings. The summed E-state index contributed by atoms with van der Waals surface area (Å²) in [5, 5.41) is 0. The molecular formula is C8H11ClO3. The van der Waals surface area contributed by atoms with E-state index < -0.39 is 0 Å². The maximum atomic E-state index is 10.3. The van der Waals surface area contributed by atoms with E-state index in [4.69, 9.17) is 16.3 Å². The molecule has 68 valence electrons. The van der Waals surface area contributed by atoms with Gasteiger partial charge in [0.1, 0.15) is 12.7 Å². The number of epoxide rings is 1. The molecule has 0 spiro atoms. The quantitative estimate of drug-likeness (QED) is 0.385. The van der Waals surface area contributed by atoms with Crippen molar-refractivity contribution < 1.29 is 14.3 Å². The fourth-order valence-corrected chi connectivity index (χ4v) is 0.398. The van der Waals surface area contributed by atoms with Gasteiger partial charge in [-0.2, -0.15) is 0 Å². The van der Waals surface area contributed by atoms with Gasteiger partial charge < -0.3 is 9.47 Å². The van der Waals surface area contributed by atoms with Crippen LogP contribution in [0.4, 0.5) is 0 Å². The van der Waals surface area contributed by atoms with E-state index >= 15 is 0 Å². The molecule has 1 atom stereocenters. The van der Waals surface area contributed by atoms with Gasteiger partial charge in [-0.25, -0.2) is 4.79 Å². The molecule has 0 aliphatic carbocycles. The Bertz CT molecular complexity index is 164. The van der Waals surface area contributed by atoms with Crippen molar-refractivity contribution in [2.24, 2.45) is 0 Å². The highest BCUT2D eigenvalue weighted by Gasteiger charge is 2.23. The van der Waals surface area contributed by atoms with E-state index in [1.54, 1.807) is 0 Å². The topological polar surface area (TPSA) is 38.8 Å². The van der Waals surface area contributed by atoms with E-state index in [0.29, 0.717) is 13.2 Å². The van der Waals surface area contributed by atoms with Crippen LogP contribution in [0.1, 0.15) is 0 Å². The Hall–Kier alpha value is -0.800. The van der Waals surface area contributed by atoms with Gasteiger partial charge in [-0.15, -0.1) is 0 Å². The second kappa shape index (κ2) is 6.88. The van der Waals surface area contributed by atoms with Crippen molar-refractivity contribution in [1.82, 2.24) is 0 Å². The van der Waals surface area contributed by atoms with Crippen molar-refractivity contribution in [3.8, 4) is 0 Å². The Morgan fingerprint density at radius 1 is 1.75 bits per heavy atom. The van der Waals surface area contributed by atoms with Crippen LogP contribution in [0.3, 0.4) is 0 Å². The molecule has 1 unspecified atom stereocenters. The first-order valence-corrected chi connectivity index (χ1v) is 3.80. The summed E-state index contributed by atoms with van der Waals surface area (Å²) < 4.78 is 9.42. The zero-order chi connectivity index (χ0) is 9.40. The Labute approximate surface area is 76.6 Å². The van der Waals surface area contributed by atoms with Gasteiger partial charge in [-0.05, 0) is 5.54 Å². The molecule has 0 bridgehead atoms. The third-order valence-corrected chi connectivity index (χ3v) is 0.981. The summed E-state index contributed by atoms with van der Waals surface area (Å²) in [7, 11) is 0. The zero-order valence-electron chi connectivity index (χ0n) is 6.66. The molecule has 1 saturated heterocycles. The van der Waals surface area contributed by atoms with Gasteiger partial charge in [-0.3, -0.25) is 0 Å². The molecule has 0 aromatic carbocycles. The Morgan fingerprint density at radius 2 is 2.25 bits per heavy atom. The molecule has 3 nitrogen and oxygen atoms in total. The van der Waals surface area contributed by atoms with Crippen LogP contribution in [0.5, 0.6) is 0 Å². The SMILES string of the molecule is C=CC(=O)OCC1CO1.C=CCl. The van der Waals surface area contributed by atoms with Gasteiger partial charge in [0, 0.05) is 6.08 Å². The van der Waals surface area contributed by atoms with Crippen molar-refractivity contribution in [3.05, 3.63) is 24.8 Å². The van der Waals surface area contributed by atoms with E-state index in [1.165, 1.54) is 5.54 Å². The average molecular weight is 191 g/mol. The Kier molecular flexibility index (Phi) is 6.42. The largest absolute Gasteiger partial charge is 0.460 e. The lowest BCUT2D eigenvalue weighted by Crippen LogP contribution is -2.06. The van der Waals surface area contributed by atoms with E-state index in [9.17, 15) is 4.79 Å². The fourth-order valence-electron chi connectivity index (χ4n) is 0.398. The average Bonchev–Trinajstić information content (AvgIpc) is 2.85. The number of hydrogen-bond acceptors (Lipinski definition) is 3. The van der Waals surface area contributed by atoms with Gasteiger partial charge >= 0.3 is 5.97 Å². The number of carbonyl (C=O) groups excluding carboxylic acids is 1. The van der Waals surface area contributed by atoms with Crippen molar-refractivity contribution in [3.63, 3.8) is 0 Å². The van der Waals surface area contributed by atoms with E-state index in [-0.39, 0.29) is 12.1 Å². The lowest BCUT2D eigenvalue weighted by Gasteiger charge is -1.94. The summed E-state index contributed by atoms with van der Waals surface area (Å²) in [5.41, 5.74) is 1.22. The molecule has 4 heteroatoms. The Morgan fingerprint density at radius 3 is 2.58 bits per heavy atom. The van der Waals surface area contributed by atoms with Crippen LogP contribution in [0.25, 0.3) is 0 Å². The molecule has 0 N–H and O–H groups in total. The molecule has 0 saturated carbocycles. The molecule has 12 heavy (non-hydrogen) atoms. The van der Waals surface area contributed by atoms with Crippen LogP contribution < -0.4 is 0 Å². The van der Waals surface area contributed by atoms with Crippen molar-refractivity contribution in [2.45, 2.75) is 6.10 Å². The molecule has 1 aliphatic rings. The minimum absolute atomic E-state index is 0.147. The summed E-state index contributed by atoms with van der Waals surface area (Å²) in [6.45, 7) is 7.45. The lowest BCUT2D eigenvalue weighted by molar-refractivity contribution is -0.138. The minimum Gasteiger partial charge on any atom is -0.460 e. The fraction of sp³-hybridized carbons (Fsp3) is 0.375. The molecule has 1 aliphatic heterocycles. The van der Waals surface area contributed by atoms with Gasteiger partial charge in [-0.1, -0.05) is 24.8 Å². The highest BCUT2D eigenvalue weighted by Crippen LogP contribution is 2.08. The predicted molar refractivity (Wildman–Crippen MR) is 46.9 cm³/mol. The molecule has 0 amide bonds. The third kappa shape index (κ3) is 7.31. The number of halogens is 1. The monoisotopic (exact) mass is 190 g/mol. The summed E-state index contributed by atoms with van der Waals surface area (Å²) in [5.74, 6) is -0.384. The van der Waals surface area contributed by atoms with Crippen LogP contribution in [-0.2, 0) is 14.3 Å². The molecule has 1 heterocycles. The standard InChI is InChI=1S/C6H8O3.C2H3Cl/c1-2-6(7)9-4-5-3-8-5;1-2-3/h2,5H,1,3-4H2;2H,1H2. The predicted octanol–water partition coefficient (Wildman–Crippen LogP) is 1.48. The normalized spacial score (nSPS) is 18.2. The summed E-state index contributed by atoms with van der Waals surface area (Å²) >= 11 is 4.76. The Balaban J connectivity index is 0.000000354. The molecule has 1 rings (SSSR count). The summed E-state index contributed by atoms with van der Waals surface area (Å²) in [4.78, 5) is 10.3. The lowest BCUT2D eigenvalue weighted by atomic mass is 10.5. The minimum atomic E-state index is -0.384. The molecular weight excluding hydrogens is 180 g/mol. The highest BCUT2D eigenvalue weighted by atomic mass is 35.5. The smallest absolute Gasteiger partial charge is 0.330 e. The molecule has 1 fully saturated rings. The second-order valence-electron chi connectivity index (χ2n) is 1.94. The molecule has 0 radical (unpaired) electrons. The van der Waals surface area contributed by atoms with E-state index in [1.807, 2.05) is 0 Å². The zero-order valence-corrected chi connectivity index (χ0v) is 7.42.